The molecule has 1 heterocycles. The first kappa shape index (κ1) is 19.2. The van der Waals surface area contributed by atoms with Crippen LogP contribution in [0.25, 0.3) is 0 Å². The first-order valence-corrected chi connectivity index (χ1v) is 9.90. The summed E-state index contributed by atoms with van der Waals surface area (Å²) in [6.07, 6.45) is 2.79. The van der Waals surface area contributed by atoms with Gasteiger partial charge in [0.15, 0.2) is 0 Å². The minimum absolute atomic E-state index is 0.131. The van der Waals surface area contributed by atoms with Gasteiger partial charge in [0.1, 0.15) is 0 Å². The Balaban J connectivity index is 2.02. The van der Waals surface area contributed by atoms with Crippen LogP contribution in [-0.4, -0.2) is 4.98 Å². The van der Waals surface area contributed by atoms with E-state index in [-0.39, 0.29) is 6.04 Å². The highest BCUT2D eigenvalue weighted by atomic mass is 15.0. The zero-order valence-corrected chi connectivity index (χ0v) is 16.8. The lowest BCUT2D eigenvalue weighted by molar-refractivity contribution is 0.733. The van der Waals surface area contributed by atoms with E-state index in [1.807, 2.05) is 12.3 Å². The number of pyridine rings is 1. The largest absolute Gasteiger partial charge is 0.376 e. The molecule has 1 N–H and O–H groups in total. The van der Waals surface area contributed by atoms with Crippen LogP contribution in [0.4, 0.5) is 5.69 Å². The Labute approximate surface area is 163 Å². The maximum absolute atomic E-state index is 4.66. The summed E-state index contributed by atoms with van der Waals surface area (Å²) in [6, 6.07) is 23.6. The van der Waals surface area contributed by atoms with Crippen LogP contribution < -0.4 is 5.32 Å². The van der Waals surface area contributed by atoms with Crippen LogP contribution in [0.15, 0.2) is 72.9 Å². The molecule has 0 aliphatic carbocycles. The number of para-hydroxylation sites is 1. The number of anilines is 1. The van der Waals surface area contributed by atoms with Crippen LogP contribution in [0.5, 0.6) is 0 Å². The second-order valence-corrected chi connectivity index (χ2v) is 7.76. The predicted octanol–water partition coefficient (Wildman–Crippen LogP) is 6.72. The van der Waals surface area contributed by atoms with E-state index in [2.05, 4.69) is 98.7 Å². The van der Waals surface area contributed by atoms with E-state index in [4.69, 9.17) is 0 Å². The monoisotopic (exact) mass is 358 g/mol. The highest BCUT2D eigenvalue weighted by Gasteiger charge is 2.19. The van der Waals surface area contributed by atoms with Gasteiger partial charge >= 0.3 is 0 Å². The number of aromatic nitrogens is 1. The predicted molar refractivity (Wildman–Crippen MR) is 115 cm³/mol. The summed E-state index contributed by atoms with van der Waals surface area (Å²) in [5.74, 6) is 0.930. The van der Waals surface area contributed by atoms with Gasteiger partial charge in [-0.15, -0.1) is 0 Å². The zero-order valence-electron chi connectivity index (χ0n) is 16.8. The minimum Gasteiger partial charge on any atom is -0.376 e. The van der Waals surface area contributed by atoms with E-state index in [0.717, 1.165) is 12.1 Å². The number of hydrogen-bond acceptors (Lipinski definition) is 2. The van der Waals surface area contributed by atoms with E-state index in [9.17, 15) is 0 Å². The summed E-state index contributed by atoms with van der Waals surface area (Å²) in [4.78, 5) is 4.66. The van der Waals surface area contributed by atoms with Crippen molar-refractivity contribution in [2.24, 2.45) is 0 Å². The van der Waals surface area contributed by atoms with E-state index in [0.29, 0.717) is 11.8 Å². The van der Waals surface area contributed by atoms with Gasteiger partial charge in [-0.05, 0) is 47.1 Å². The molecule has 0 radical (unpaired) electrons. The molecule has 0 aliphatic heterocycles. The van der Waals surface area contributed by atoms with Gasteiger partial charge in [0, 0.05) is 11.9 Å². The first-order valence-electron chi connectivity index (χ1n) is 9.90. The smallest absolute Gasteiger partial charge is 0.0725 e. The van der Waals surface area contributed by atoms with Crippen molar-refractivity contribution in [2.45, 2.75) is 52.0 Å². The van der Waals surface area contributed by atoms with Crippen LogP contribution >= 0.6 is 0 Å². The van der Waals surface area contributed by atoms with E-state index in [1.54, 1.807) is 0 Å². The molecule has 0 fully saturated rings. The topological polar surface area (TPSA) is 24.9 Å². The average Bonchev–Trinajstić information content (AvgIpc) is 2.68. The highest BCUT2D eigenvalue weighted by Crippen LogP contribution is 2.35. The lowest BCUT2D eigenvalue weighted by Crippen LogP contribution is -2.18. The maximum atomic E-state index is 4.66. The average molecular weight is 359 g/mol. The van der Waals surface area contributed by atoms with Crippen molar-refractivity contribution in [1.82, 2.24) is 4.98 Å². The van der Waals surface area contributed by atoms with Crippen molar-refractivity contribution >= 4 is 5.69 Å². The molecule has 0 spiro atoms. The van der Waals surface area contributed by atoms with Gasteiger partial charge in [-0.2, -0.15) is 0 Å². The van der Waals surface area contributed by atoms with E-state index in [1.165, 1.54) is 22.4 Å². The van der Waals surface area contributed by atoms with E-state index >= 15 is 0 Å². The quantitative estimate of drug-likeness (QED) is 0.507. The van der Waals surface area contributed by atoms with Crippen molar-refractivity contribution in [3.63, 3.8) is 0 Å². The summed E-state index contributed by atoms with van der Waals surface area (Å²) in [7, 11) is 0. The Kier molecular flexibility index (Phi) is 6.28. The molecule has 3 aromatic rings. The lowest BCUT2D eigenvalue weighted by Gasteiger charge is -2.26. The maximum Gasteiger partial charge on any atom is 0.0725 e. The number of nitrogens with zero attached hydrogens (tertiary/aromatic N) is 1. The molecule has 0 aliphatic rings. The normalized spacial score (nSPS) is 12.4. The third-order valence-electron chi connectivity index (χ3n) is 5.02. The number of nitrogens with one attached hydrogen (secondary N) is 1. The second-order valence-electron chi connectivity index (χ2n) is 7.76. The van der Waals surface area contributed by atoms with Gasteiger partial charge < -0.3 is 5.32 Å². The van der Waals surface area contributed by atoms with Gasteiger partial charge in [0.25, 0.3) is 0 Å². The van der Waals surface area contributed by atoms with Crippen molar-refractivity contribution in [1.29, 1.82) is 0 Å². The molecule has 1 aromatic heterocycles. The number of benzene rings is 2. The Bertz CT molecular complexity index is 812. The van der Waals surface area contributed by atoms with Gasteiger partial charge in [-0.3, -0.25) is 4.98 Å². The highest BCUT2D eigenvalue weighted by molar-refractivity contribution is 5.61. The lowest BCUT2D eigenvalue weighted by atomic mass is 9.91. The van der Waals surface area contributed by atoms with Gasteiger partial charge in [-0.25, -0.2) is 0 Å². The van der Waals surface area contributed by atoms with Crippen LogP contribution in [-0.2, 0) is 6.42 Å². The molecule has 2 aromatic carbocycles. The Morgan fingerprint density at radius 2 is 1.37 bits per heavy atom. The summed E-state index contributed by atoms with van der Waals surface area (Å²) < 4.78 is 0. The van der Waals surface area contributed by atoms with Crippen LogP contribution in [0, 0.1) is 0 Å². The Hall–Kier alpha value is -2.61. The zero-order chi connectivity index (χ0) is 19.2. The first-order chi connectivity index (χ1) is 13.1. The standard InChI is InChI=1S/C25H30N2/c1-18(2)21-13-10-14-22(19(3)4)25(21)27-24(23-15-8-9-16-26-23)17-20-11-6-5-7-12-20/h5-16,18-19,24,27H,17H2,1-4H3. The molecular weight excluding hydrogens is 328 g/mol. The van der Waals surface area contributed by atoms with Crippen LogP contribution in [0.2, 0.25) is 0 Å². The fourth-order valence-electron chi connectivity index (χ4n) is 3.55. The molecule has 0 amide bonds. The molecular formula is C25H30N2. The van der Waals surface area contributed by atoms with Gasteiger partial charge in [0.05, 0.1) is 11.7 Å². The number of rotatable bonds is 7. The van der Waals surface area contributed by atoms with E-state index < -0.39 is 0 Å². The summed E-state index contributed by atoms with van der Waals surface area (Å²) >= 11 is 0. The molecule has 2 heteroatoms. The summed E-state index contributed by atoms with van der Waals surface area (Å²) in [6.45, 7) is 9.05. The second kappa shape index (κ2) is 8.85. The Morgan fingerprint density at radius 3 is 1.93 bits per heavy atom. The van der Waals surface area contributed by atoms with Gasteiger partial charge in [0.2, 0.25) is 0 Å². The van der Waals surface area contributed by atoms with Crippen molar-refractivity contribution in [3.8, 4) is 0 Å². The molecule has 1 atom stereocenters. The summed E-state index contributed by atoms with van der Waals surface area (Å²) in [5.41, 5.74) is 6.41. The number of hydrogen-bond donors (Lipinski definition) is 1. The van der Waals surface area contributed by atoms with Crippen LogP contribution in [0.3, 0.4) is 0 Å². The minimum atomic E-state index is 0.131. The molecule has 0 bridgehead atoms. The molecule has 2 nitrogen and oxygen atoms in total. The third kappa shape index (κ3) is 4.77. The molecule has 1 unspecified atom stereocenters. The fraction of sp³-hybridized carbons (Fsp3) is 0.320. The SMILES string of the molecule is CC(C)c1cccc(C(C)C)c1NC(Cc1ccccc1)c1ccccn1. The molecule has 0 saturated carbocycles. The molecule has 0 saturated heterocycles. The third-order valence-corrected chi connectivity index (χ3v) is 5.02. The molecule has 3 rings (SSSR count). The van der Waals surface area contributed by atoms with Crippen molar-refractivity contribution in [2.75, 3.05) is 5.32 Å². The van der Waals surface area contributed by atoms with Crippen molar-refractivity contribution < 1.29 is 0 Å². The molecule has 27 heavy (non-hydrogen) atoms. The van der Waals surface area contributed by atoms with Gasteiger partial charge in [-0.1, -0.05) is 82.3 Å². The van der Waals surface area contributed by atoms with Crippen molar-refractivity contribution in [3.05, 3.63) is 95.3 Å². The molecule has 140 valence electrons. The summed E-state index contributed by atoms with van der Waals surface area (Å²) in [5, 5.41) is 3.88. The fourth-order valence-corrected chi connectivity index (χ4v) is 3.55. The van der Waals surface area contributed by atoms with Crippen LogP contribution in [0.1, 0.15) is 68.0 Å². The Morgan fingerprint density at radius 1 is 0.741 bits per heavy atom.